The minimum Gasteiger partial charge on any atom is -0.434 e. The van der Waals surface area contributed by atoms with Gasteiger partial charge >= 0.3 is 13.2 Å². The Hall–Kier alpha value is -3.54. The molecule has 0 saturated carbocycles. The second-order valence-electron chi connectivity index (χ2n) is 11.8. The quantitative estimate of drug-likeness (QED) is 0.162. The van der Waals surface area contributed by atoms with Crippen LogP contribution in [-0.4, -0.2) is 42.5 Å². The zero-order chi connectivity index (χ0) is 37.2. The molecule has 0 radical (unpaired) electrons. The van der Waals surface area contributed by atoms with Gasteiger partial charge in [-0.1, -0.05) is 35.3 Å². The van der Waals surface area contributed by atoms with Gasteiger partial charge in [0.2, 0.25) is 0 Å². The van der Waals surface area contributed by atoms with Gasteiger partial charge in [-0.3, -0.25) is 0 Å². The average Bonchev–Trinajstić information content (AvgIpc) is 3.79. The number of aliphatic hydroxyl groups is 2. The number of fused-ring (bicyclic) bond motifs is 6. The lowest BCUT2D eigenvalue weighted by atomic mass is 10.0. The zero-order valence-corrected chi connectivity index (χ0v) is 30.6. The summed E-state index contributed by atoms with van der Waals surface area (Å²) in [6, 6.07) is 13.3. The Morgan fingerprint density at radius 1 is 0.673 bits per heavy atom. The van der Waals surface area contributed by atoms with Crippen molar-refractivity contribution in [1.29, 1.82) is 0 Å². The van der Waals surface area contributed by atoms with Crippen LogP contribution < -0.4 is 9.47 Å². The topological polar surface area (TPSA) is 94.6 Å². The van der Waals surface area contributed by atoms with E-state index in [0.717, 1.165) is 0 Å². The van der Waals surface area contributed by atoms with E-state index in [-0.39, 0.29) is 43.3 Å². The van der Waals surface area contributed by atoms with E-state index in [1.165, 1.54) is 48.5 Å². The number of ether oxygens (including phenoxy) is 2. The standard InChI is InChI=1S/2C17H11BrClF3N2O2/c2*18-7-4-11-10(5-9(7)20)23-16-13(25)6-12(24(11)16)15-8(19)2-1-3-14(15)26-17(21)22/h2*1-5,12-13,17,25H,6H2/t12-,13+;12-,13-/m11/s1. The van der Waals surface area contributed by atoms with Gasteiger partial charge in [-0.15, -0.1) is 0 Å². The third-order valence-corrected chi connectivity index (χ3v) is 10.6. The predicted octanol–water partition coefficient (Wildman–Crippen LogP) is 10.4. The number of aromatic nitrogens is 4. The Morgan fingerprint density at radius 2 is 1.06 bits per heavy atom. The van der Waals surface area contributed by atoms with Crippen LogP contribution in [-0.2, 0) is 0 Å². The fraction of sp³-hybridized carbons (Fsp3) is 0.235. The van der Waals surface area contributed by atoms with Crippen molar-refractivity contribution in [3.63, 3.8) is 0 Å². The molecule has 8 nitrogen and oxygen atoms in total. The highest BCUT2D eigenvalue weighted by molar-refractivity contribution is 9.10. The van der Waals surface area contributed by atoms with Gasteiger partial charge in [0, 0.05) is 46.1 Å². The van der Waals surface area contributed by atoms with E-state index in [1.54, 1.807) is 21.3 Å². The molecule has 4 atom stereocenters. The summed E-state index contributed by atoms with van der Waals surface area (Å²) in [5, 5.41) is 21.3. The van der Waals surface area contributed by atoms with Crippen molar-refractivity contribution >= 4 is 77.1 Å². The van der Waals surface area contributed by atoms with Crippen molar-refractivity contribution < 1.29 is 46.0 Å². The van der Waals surface area contributed by atoms with Crippen LogP contribution in [0, 0.1) is 11.6 Å². The summed E-state index contributed by atoms with van der Waals surface area (Å²) in [5.41, 5.74) is 2.47. The SMILES string of the molecule is O[C@@H]1C[C@H](c2c(Cl)cccc2OC(F)F)n2c1nc1cc(F)c(Br)cc12.O[C@H]1C[C@H](c2c(Cl)cccc2OC(F)F)n2c1nc1cc(F)c(Br)cc12. The highest BCUT2D eigenvalue weighted by Crippen LogP contribution is 2.48. The minimum absolute atomic E-state index is 0.0689. The smallest absolute Gasteiger partial charge is 0.387 e. The molecule has 2 aromatic heterocycles. The Balaban J connectivity index is 0.000000162. The third-order valence-electron chi connectivity index (χ3n) is 8.75. The van der Waals surface area contributed by atoms with Crippen LogP contribution in [0.25, 0.3) is 22.1 Å². The zero-order valence-electron chi connectivity index (χ0n) is 25.9. The van der Waals surface area contributed by atoms with E-state index < -0.39 is 49.1 Å². The van der Waals surface area contributed by atoms with E-state index in [0.29, 0.717) is 44.8 Å². The molecule has 18 heteroatoms. The Morgan fingerprint density at radius 3 is 1.42 bits per heavy atom. The second kappa shape index (κ2) is 14.4. The highest BCUT2D eigenvalue weighted by atomic mass is 79.9. The summed E-state index contributed by atoms with van der Waals surface area (Å²) in [6.07, 6.45) is -1.50. The molecule has 2 aliphatic heterocycles. The number of alkyl halides is 4. The number of hydrogen-bond donors (Lipinski definition) is 2. The molecule has 0 aliphatic carbocycles. The van der Waals surface area contributed by atoms with Crippen LogP contribution in [0.2, 0.25) is 10.0 Å². The Bertz CT molecular complexity index is 2180. The highest BCUT2D eigenvalue weighted by Gasteiger charge is 2.38. The van der Waals surface area contributed by atoms with Gasteiger partial charge in [0.25, 0.3) is 0 Å². The molecule has 0 spiro atoms. The number of aliphatic hydroxyl groups excluding tert-OH is 2. The number of halogens is 10. The lowest BCUT2D eigenvalue weighted by Crippen LogP contribution is -2.11. The summed E-state index contributed by atoms with van der Waals surface area (Å²) in [7, 11) is 0. The second-order valence-corrected chi connectivity index (χ2v) is 14.3. The van der Waals surface area contributed by atoms with Gasteiger partial charge in [0.15, 0.2) is 0 Å². The number of benzene rings is 4. The first kappa shape index (κ1) is 36.8. The molecule has 0 bridgehead atoms. The van der Waals surface area contributed by atoms with E-state index in [4.69, 9.17) is 23.2 Å². The Labute approximate surface area is 316 Å². The summed E-state index contributed by atoms with van der Waals surface area (Å²) in [6.45, 7) is -6.03. The number of nitrogens with zero attached hydrogens (tertiary/aromatic N) is 4. The maximum absolute atomic E-state index is 13.8. The molecule has 2 N–H and O–H groups in total. The lowest BCUT2D eigenvalue weighted by molar-refractivity contribution is -0.0514. The molecular formula is C34H22Br2Cl2F6N4O4. The molecule has 0 amide bonds. The van der Waals surface area contributed by atoms with Gasteiger partial charge in [-0.05, 0) is 68.3 Å². The van der Waals surface area contributed by atoms with Crippen molar-refractivity contribution in [3.05, 3.63) is 114 Å². The number of imidazole rings is 2. The van der Waals surface area contributed by atoms with E-state index >= 15 is 0 Å². The number of rotatable bonds is 6. The molecule has 6 aromatic rings. The van der Waals surface area contributed by atoms with E-state index in [2.05, 4.69) is 51.3 Å². The van der Waals surface area contributed by atoms with Crippen molar-refractivity contribution in [2.45, 2.75) is 50.4 Å². The molecule has 8 rings (SSSR count). The summed E-state index contributed by atoms with van der Waals surface area (Å²) in [4.78, 5) is 8.58. The molecule has 0 fully saturated rings. The van der Waals surface area contributed by atoms with Gasteiger partial charge in [-0.2, -0.15) is 17.6 Å². The largest absolute Gasteiger partial charge is 0.434 e. The summed E-state index contributed by atoms with van der Waals surface area (Å²) < 4.78 is 91.9. The van der Waals surface area contributed by atoms with Gasteiger partial charge in [0.1, 0.15) is 47.0 Å². The van der Waals surface area contributed by atoms with Crippen LogP contribution in [0.1, 0.15) is 59.9 Å². The lowest BCUT2D eigenvalue weighted by Gasteiger charge is -2.20. The third kappa shape index (κ3) is 6.62. The molecule has 272 valence electrons. The number of hydrogen-bond acceptors (Lipinski definition) is 6. The van der Waals surface area contributed by atoms with Crippen molar-refractivity contribution in [1.82, 2.24) is 19.1 Å². The predicted molar refractivity (Wildman–Crippen MR) is 186 cm³/mol. The Kier molecular flexibility index (Phi) is 10.2. The van der Waals surface area contributed by atoms with Crippen LogP contribution in [0.3, 0.4) is 0 Å². The monoisotopic (exact) mass is 892 g/mol. The molecule has 52 heavy (non-hydrogen) atoms. The first-order valence-electron chi connectivity index (χ1n) is 15.3. The molecule has 0 saturated heterocycles. The molecule has 4 heterocycles. The van der Waals surface area contributed by atoms with E-state index in [9.17, 15) is 36.6 Å². The van der Waals surface area contributed by atoms with Crippen molar-refractivity contribution in [3.8, 4) is 11.5 Å². The first-order chi connectivity index (χ1) is 24.7. The first-order valence-corrected chi connectivity index (χ1v) is 17.6. The maximum Gasteiger partial charge on any atom is 0.387 e. The van der Waals surface area contributed by atoms with E-state index in [1.807, 2.05) is 0 Å². The van der Waals surface area contributed by atoms with Gasteiger partial charge in [-0.25, -0.2) is 18.7 Å². The fourth-order valence-electron chi connectivity index (χ4n) is 6.76. The minimum atomic E-state index is -3.01. The van der Waals surface area contributed by atoms with Gasteiger partial charge in [0.05, 0.1) is 43.1 Å². The summed E-state index contributed by atoms with van der Waals surface area (Å²) in [5.74, 6) is -0.462. The maximum atomic E-state index is 13.8. The van der Waals surface area contributed by atoms with Crippen LogP contribution >= 0.6 is 55.1 Å². The van der Waals surface area contributed by atoms with Gasteiger partial charge < -0.3 is 28.8 Å². The van der Waals surface area contributed by atoms with Crippen LogP contribution in [0.4, 0.5) is 26.3 Å². The van der Waals surface area contributed by atoms with Crippen LogP contribution in [0.5, 0.6) is 11.5 Å². The van der Waals surface area contributed by atoms with Crippen LogP contribution in [0.15, 0.2) is 69.6 Å². The average molecular weight is 895 g/mol. The molecular weight excluding hydrogens is 873 g/mol. The molecule has 2 aliphatic rings. The fourth-order valence-corrected chi connectivity index (χ4v) is 8.01. The van der Waals surface area contributed by atoms with Crippen molar-refractivity contribution in [2.24, 2.45) is 0 Å². The summed E-state index contributed by atoms with van der Waals surface area (Å²) >= 11 is 18.8. The molecule has 4 aromatic carbocycles. The molecule has 0 unspecified atom stereocenters. The normalized spacial score (nSPS) is 19.3. The van der Waals surface area contributed by atoms with Crippen molar-refractivity contribution in [2.75, 3.05) is 0 Å².